The third kappa shape index (κ3) is 4.30. The lowest BCUT2D eigenvalue weighted by atomic mass is 9.91. The molecule has 0 radical (unpaired) electrons. The lowest BCUT2D eigenvalue weighted by Crippen LogP contribution is -2.46. The van der Waals surface area contributed by atoms with Gasteiger partial charge in [0.1, 0.15) is 0 Å². The number of carbonyl (C=O) groups excluding carboxylic acids is 3. The Labute approximate surface area is 201 Å². The second-order valence-electron chi connectivity index (χ2n) is 8.88. The van der Waals surface area contributed by atoms with Crippen LogP contribution in [0, 0.1) is 16.0 Å². The maximum Gasteiger partial charge on any atom is 0.270 e. The number of nitro benzene ring substituents is 1. The van der Waals surface area contributed by atoms with Gasteiger partial charge in [-0.25, -0.2) is 0 Å². The highest BCUT2D eigenvalue weighted by Gasteiger charge is 2.35. The molecule has 3 amide bonds. The van der Waals surface area contributed by atoms with Gasteiger partial charge in [-0.15, -0.1) is 0 Å². The van der Waals surface area contributed by atoms with E-state index in [9.17, 15) is 24.5 Å². The largest absolute Gasteiger partial charge is 0.339 e. The molecule has 176 valence electrons. The number of amides is 3. The van der Waals surface area contributed by atoms with Crippen molar-refractivity contribution < 1.29 is 19.3 Å². The van der Waals surface area contributed by atoms with E-state index in [1.54, 1.807) is 35.2 Å². The fourth-order valence-corrected chi connectivity index (χ4v) is 4.86. The summed E-state index contributed by atoms with van der Waals surface area (Å²) in [5.74, 6) is -0.590. The van der Waals surface area contributed by atoms with E-state index in [1.807, 2.05) is 24.3 Å². The first-order valence-electron chi connectivity index (χ1n) is 11.5. The van der Waals surface area contributed by atoms with Crippen molar-refractivity contribution in [1.82, 2.24) is 9.80 Å². The van der Waals surface area contributed by atoms with Gasteiger partial charge >= 0.3 is 0 Å². The summed E-state index contributed by atoms with van der Waals surface area (Å²) < 4.78 is 0. The summed E-state index contributed by atoms with van der Waals surface area (Å²) in [6.45, 7) is 1.37. The molecule has 0 N–H and O–H groups in total. The first-order chi connectivity index (χ1) is 16.9. The van der Waals surface area contributed by atoms with Gasteiger partial charge in [-0.05, 0) is 47.9 Å². The average Bonchev–Trinajstić information content (AvgIpc) is 2.88. The van der Waals surface area contributed by atoms with Crippen LogP contribution in [-0.2, 0) is 4.79 Å². The van der Waals surface area contributed by atoms with Gasteiger partial charge in [0.15, 0.2) is 0 Å². The third-order valence-corrected chi connectivity index (χ3v) is 6.72. The first kappa shape index (κ1) is 22.5. The van der Waals surface area contributed by atoms with Crippen molar-refractivity contribution in [1.29, 1.82) is 0 Å². The maximum absolute atomic E-state index is 13.1. The van der Waals surface area contributed by atoms with Gasteiger partial charge in [0, 0.05) is 54.4 Å². The van der Waals surface area contributed by atoms with Gasteiger partial charge in [-0.3, -0.25) is 29.4 Å². The first-order valence-corrected chi connectivity index (χ1v) is 11.5. The summed E-state index contributed by atoms with van der Waals surface area (Å²) >= 11 is 0. The number of carbonyl (C=O) groups is 3. The summed E-state index contributed by atoms with van der Waals surface area (Å²) in [5.41, 5.74) is 1.66. The third-order valence-electron chi connectivity index (χ3n) is 6.72. The number of imide groups is 1. The molecular weight excluding hydrogens is 446 g/mol. The van der Waals surface area contributed by atoms with E-state index in [0.717, 1.165) is 10.8 Å². The van der Waals surface area contributed by atoms with Crippen LogP contribution in [0.15, 0.2) is 66.7 Å². The predicted octanol–water partition coefficient (Wildman–Crippen LogP) is 4.30. The minimum atomic E-state index is -0.471. The number of benzene rings is 3. The number of hydrogen-bond donors (Lipinski definition) is 0. The van der Waals surface area contributed by atoms with Gasteiger partial charge in [0.05, 0.1) is 4.92 Å². The predicted molar refractivity (Wildman–Crippen MR) is 131 cm³/mol. The molecule has 1 saturated heterocycles. The van der Waals surface area contributed by atoms with E-state index in [2.05, 4.69) is 0 Å². The fourth-order valence-electron chi connectivity index (χ4n) is 4.86. The second kappa shape index (κ2) is 9.13. The van der Waals surface area contributed by atoms with Crippen molar-refractivity contribution in [2.45, 2.75) is 12.8 Å². The monoisotopic (exact) mass is 469 g/mol. The number of nitrogens with zero attached hydrogens (tertiary/aromatic N) is 3. The van der Waals surface area contributed by atoms with Crippen LogP contribution in [-0.4, -0.2) is 52.1 Å². The smallest absolute Gasteiger partial charge is 0.270 e. The summed E-state index contributed by atoms with van der Waals surface area (Å²) in [5, 5.41) is 12.5. The van der Waals surface area contributed by atoms with Gasteiger partial charge < -0.3 is 4.90 Å². The lowest BCUT2D eigenvalue weighted by Gasteiger charge is -2.35. The van der Waals surface area contributed by atoms with E-state index in [-0.39, 0.29) is 29.3 Å². The van der Waals surface area contributed by atoms with Crippen LogP contribution >= 0.6 is 0 Å². The summed E-state index contributed by atoms with van der Waals surface area (Å²) in [6, 6.07) is 17.1. The van der Waals surface area contributed by atoms with Crippen LogP contribution in [0.2, 0.25) is 0 Å². The zero-order valence-electron chi connectivity index (χ0n) is 18.9. The summed E-state index contributed by atoms with van der Waals surface area (Å²) in [7, 11) is 0. The van der Waals surface area contributed by atoms with Crippen molar-refractivity contribution in [3.8, 4) is 0 Å². The molecule has 8 nitrogen and oxygen atoms in total. The molecule has 0 aliphatic carbocycles. The Morgan fingerprint density at radius 3 is 2.23 bits per heavy atom. The Bertz CT molecular complexity index is 1340. The molecule has 35 heavy (non-hydrogen) atoms. The fraction of sp³-hybridized carbons (Fsp3) is 0.222. The Morgan fingerprint density at radius 1 is 0.971 bits per heavy atom. The standard InChI is InChI=1S/C27H23N3O5/c31-24(11-10-18-4-1-7-21(16-18)30(34)35)28-14-12-19(13-15-28)17-29-26(32)22-8-2-5-20-6-3-9-23(25(20)22)27(29)33/h1-11,16,19H,12-15,17H2. The normalized spacial score (nSPS) is 16.3. The Kier molecular flexibility index (Phi) is 5.86. The van der Waals surface area contributed by atoms with Crippen LogP contribution < -0.4 is 0 Å². The molecule has 0 bridgehead atoms. The number of nitro groups is 1. The van der Waals surface area contributed by atoms with Gasteiger partial charge in [-0.1, -0.05) is 36.4 Å². The highest BCUT2D eigenvalue weighted by molar-refractivity contribution is 6.25. The highest BCUT2D eigenvalue weighted by atomic mass is 16.6. The van der Waals surface area contributed by atoms with E-state index in [4.69, 9.17) is 0 Å². The van der Waals surface area contributed by atoms with Crippen LogP contribution in [0.5, 0.6) is 0 Å². The van der Waals surface area contributed by atoms with Crippen LogP contribution in [0.4, 0.5) is 5.69 Å². The number of likely N-dealkylation sites (tertiary alicyclic amines) is 1. The van der Waals surface area contributed by atoms with Crippen LogP contribution in [0.25, 0.3) is 16.8 Å². The van der Waals surface area contributed by atoms with E-state index >= 15 is 0 Å². The Morgan fingerprint density at radius 2 is 1.60 bits per heavy atom. The molecule has 2 heterocycles. The maximum atomic E-state index is 13.1. The molecule has 0 saturated carbocycles. The lowest BCUT2D eigenvalue weighted by molar-refractivity contribution is -0.384. The van der Waals surface area contributed by atoms with E-state index < -0.39 is 4.92 Å². The molecule has 1 fully saturated rings. The minimum absolute atomic E-state index is 0.0268. The second-order valence-corrected chi connectivity index (χ2v) is 8.88. The van der Waals surface area contributed by atoms with Crippen molar-refractivity contribution in [3.63, 3.8) is 0 Å². The zero-order valence-corrected chi connectivity index (χ0v) is 18.9. The summed E-state index contributed by atoms with van der Waals surface area (Å²) in [4.78, 5) is 52.4. The number of non-ortho nitro benzene ring substituents is 1. The molecule has 8 heteroatoms. The Hall–Kier alpha value is -4.33. The van der Waals surface area contributed by atoms with Crippen LogP contribution in [0.1, 0.15) is 39.1 Å². The molecule has 2 aliphatic heterocycles. The molecule has 0 unspecified atom stereocenters. The Balaban J connectivity index is 1.22. The molecule has 3 aromatic rings. The van der Waals surface area contributed by atoms with E-state index in [1.165, 1.54) is 23.1 Å². The van der Waals surface area contributed by atoms with Crippen molar-refractivity contribution in [2.75, 3.05) is 19.6 Å². The molecule has 2 aliphatic rings. The van der Waals surface area contributed by atoms with Gasteiger partial charge in [-0.2, -0.15) is 0 Å². The van der Waals surface area contributed by atoms with Crippen molar-refractivity contribution in [2.24, 2.45) is 5.92 Å². The highest BCUT2D eigenvalue weighted by Crippen LogP contribution is 2.31. The molecule has 0 atom stereocenters. The molecule has 3 aromatic carbocycles. The summed E-state index contributed by atoms with van der Waals surface area (Å²) in [6.07, 6.45) is 4.36. The average molecular weight is 469 g/mol. The number of piperidine rings is 1. The molecule has 0 aromatic heterocycles. The number of hydrogen-bond acceptors (Lipinski definition) is 5. The van der Waals surface area contributed by atoms with Crippen molar-refractivity contribution in [3.05, 3.63) is 93.5 Å². The van der Waals surface area contributed by atoms with Gasteiger partial charge in [0.2, 0.25) is 5.91 Å². The van der Waals surface area contributed by atoms with Crippen LogP contribution in [0.3, 0.4) is 0 Å². The quantitative estimate of drug-likeness (QED) is 0.240. The molecule has 5 rings (SSSR count). The van der Waals surface area contributed by atoms with E-state index in [0.29, 0.717) is 49.2 Å². The minimum Gasteiger partial charge on any atom is -0.339 e. The molecule has 0 spiro atoms. The zero-order chi connectivity index (χ0) is 24.5. The number of rotatable bonds is 5. The SMILES string of the molecule is O=C(C=Cc1cccc([N+](=O)[O-])c1)N1CCC(CN2C(=O)c3cccc4cccc(c34)C2=O)CC1. The van der Waals surface area contributed by atoms with Crippen molar-refractivity contribution >= 4 is 40.3 Å². The van der Waals surface area contributed by atoms with Gasteiger partial charge in [0.25, 0.3) is 17.5 Å². The topological polar surface area (TPSA) is 101 Å². The molecular formula is C27H23N3O5.